The minimum Gasteiger partial charge on any atom is -0.496 e. The second kappa shape index (κ2) is 8.32. The van der Waals surface area contributed by atoms with Crippen molar-refractivity contribution in [1.29, 1.82) is 0 Å². The number of hydrogen-bond acceptors (Lipinski definition) is 4. The standard InChI is InChI=1S/C15H22N2O3/c1-11(5-3-4-8-16)15(19)17-13-6-7-14(20-2)12(9-13)10-18/h6-7,9-11H,3-5,8,16H2,1-2H3,(H,17,19). The van der Waals surface area contributed by atoms with Crippen molar-refractivity contribution in [2.75, 3.05) is 19.0 Å². The van der Waals surface area contributed by atoms with Gasteiger partial charge in [-0.1, -0.05) is 13.3 Å². The number of ether oxygens (including phenoxy) is 1. The van der Waals surface area contributed by atoms with E-state index in [1.165, 1.54) is 7.11 Å². The molecule has 20 heavy (non-hydrogen) atoms. The highest BCUT2D eigenvalue weighted by molar-refractivity contribution is 5.93. The summed E-state index contributed by atoms with van der Waals surface area (Å²) in [6, 6.07) is 4.99. The highest BCUT2D eigenvalue weighted by Crippen LogP contribution is 2.21. The molecule has 0 fully saturated rings. The highest BCUT2D eigenvalue weighted by Gasteiger charge is 2.13. The minimum atomic E-state index is -0.0802. The van der Waals surface area contributed by atoms with Gasteiger partial charge >= 0.3 is 0 Å². The summed E-state index contributed by atoms with van der Waals surface area (Å²) >= 11 is 0. The van der Waals surface area contributed by atoms with E-state index in [9.17, 15) is 9.59 Å². The average Bonchev–Trinajstić information content (AvgIpc) is 2.47. The van der Waals surface area contributed by atoms with Crippen LogP contribution in [0.4, 0.5) is 5.69 Å². The molecule has 5 nitrogen and oxygen atoms in total. The summed E-state index contributed by atoms with van der Waals surface area (Å²) in [5.41, 5.74) is 6.45. The second-order valence-corrected chi connectivity index (χ2v) is 4.75. The molecule has 0 saturated heterocycles. The molecule has 0 heterocycles. The number of anilines is 1. The van der Waals surface area contributed by atoms with E-state index in [0.717, 1.165) is 19.3 Å². The topological polar surface area (TPSA) is 81.4 Å². The quantitative estimate of drug-likeness (QED) is 0.564. The summed E-state index contributed by atoms with van der Waals surface area (Å²) < 4.78 is 5.05. The summed E-state index contributed by atoms with van der Waals surface area (Å²) in [7, 11) is 1.50. The van der Waals surface area contributed by atoms with Crippen molar-refractivity contribution < 1.29 is 14.3 Å². The number of methoxy groups -OCH3 is 1. The van der Waals surface area contributed by atoms with Crippen molar-refractivity contribution in [3.05, 3.63) is 23.8 Å². The first-order chi connectivity index (χ1) is 9.62. The number of aldehydes is 1. The molecule has 1 aromatic rings. The van der Waals surface area contributed by atoms with Gasteiger partial charge in [0.1, 0.15) is 5.75 Å². The first-order valence-corrected chi connectivity index (χ1v) is 6.76. The number of nitrogens with one attached hydrogen (secondary N) is 1. The van der Waals surface area contributed by atoms with Crippen LogP contribution in [0.5, 0.6) is 5.75 Å². The van der Waals surface area contributed by atoms with Gasteiger partial charge in [-0.2, -0.15) is 0 Å². The Morgan fingerprint density at radius 2 is 2.20 bits per heavy atom. The van der Waals surface area contributed by atoms with Gasteiger partial charge in [0.25, 0.3) is 0 Å². The molecule has 1 unspecified atom stereocenters. The Balaban J connectivity index is 2.63. The minimum absolute atomic E-state index is 0.0518. The van der Waals surface area contributed by atoms with Crippen LogP contribution in [0.1, 0.15) is 36.5 Å². The number of unbranched alkanes of at least 4 members (excludes halogenated alkanes) is 1. The van der Waals surface area contributed by atoms with Crippen LogP contribution in [0, 0.1) is 5.92 Å². The van der Waals surface area contributed by atoms with Crippen LogP contribution in [-0.2, 0) is 4.79 Å². The molecular formula is C15H22N2O3. The first-order valence-electron chi connectivity index (χ1n) is 6.76. The Labute approximate surface area is 119 Å². The van der Waals surface area contributed by atoms with Crippen LogP contribution >= 0.6 is 0 Å². The number of rotatable bonds is 8. The smallest absolute Gasteiger partial charge is 0.227 e. The monoisotopic (exact) mass is 278 g/mol. The largest absolute Gasteiger partial charge is 0.496 e. The highest BCUT2D eigenvalue weighted by atomic mass is 16.5. The molecule has 1 amide bonds. The molecule has 1 atom stereocenters. The molecule has 3 N–H and O–H groups in total. The molecule has 0 aliphatic carbocycles. The van der Waals surface area contributed by atoms with E-state index in [1.54, 1.807) is 18.2 Å². The van der Waals surface area contributed by atoms with Crippen molar-refractivity contribution in [2.24, 2.45) is 11.7 Å². The third kappa shape index (κ3) is 4.66. The zero-order valence-corrected chi connectivity index (χ0v) is 12.0. The van der Waals surface area contributed by atoms with Crippen molar-refractivity contribution >= 4 is 17.9 Å². The molecule has 0 saturated carbocycles. The van der Waals surface area contributed by atoms with Gasteiger partial charge in [-0.05, 0) is 37.6 Å². The maximum absolute atomic E-state index is 12.0. The molecule has 5 heteroatoms. The van der Waals surface area contributed by atoms with Gasteiger partial charge in [-0.25, -0.2) is 0 Å². The van der Waals surface area contributed by atoms with Crippen LogP contribution in [-0.4, -0.2) is 25.8 Å². The molecule has 0 spiro atoms. The normalized spacial score (nSPS) is 11.8. The summed E-state index contributed by atoms with van der Waals surface area (Å²) in [4.78, 5) is 22.9. The van der Waals surface area contributed by atoms with E-state index in [0.29, 0.717) is 29.8 Å². The molecule has 0 bridgehead atoms. The Morgan fingerprint density at radius 3 is 2.80 bits per heavy atom. The van der Waals surface area contributed by atoms with Gasteiger partial charge in [0.05, 0.1) is 12.7 Å². The lowest BCUT2D eigenvalue weighted by atomic mass is 10.0. The second-order valence-electron chi connectivity index (χ2n) is 4.75. The number of nitrogens with two attached hydrogens (primary N) is 1. The summed E-state index contributed by atoms with van der Waals surface area (Å²) in [5.74, 6) is 0.362. The molecule has 0 aliphatic heterocycles. The Bertz CT molecular complexity index is 460. The number of hydrogen-bond donors (Lipinski definition) is 2. The van der Waals surface area contributed by atoms with Crippen LogP contribution in [0.3, 0.4) is 0 Å². The Morgan fingerprint density at radius 1 is 1.45 bits per heavy atom. The zero-order chi connectivity index (χ0) is 15.0. The fraction of sp³-hybridized carbons (Fsp3) is 0.467. The molecular weight excluding hydrogens is 256 g/mol. The number of amides is 1. The average molecular weight is 278 g/mol. The van der Waals surface area contributed by atoms with Crippen LogP contribution in [0.15, 0.2) is 18.2 Å². The lowest BCUT2D eigenvalue weighted by Gasteiger charge is -2.13. The van der Waals surface area contributed by atoms with Gasteiger partial charge < -0.3 is 15.8 Å². The predicted molar refractivity (Wildman–Crippen MR) is 79.1 cm³/mol. The lowest BCUT2D eigenvalue weighted by Crippen LogP contribution is -2.20. The molecule has 1 rings (SSSR count). The van der Waals surface area contributed by atoms with Crippen LogP contribution < -0.4 is 15.8 Å². The summed E-state index contributed by atoms with van der Waals surface area (Å²) in [5, 5.41) is 2.81. The zero-order valence-electron chi connectivity index (χ0n) is 12.0. The molecule has 0 aromatic heterocycles. The number of carbonyl (C=O) groups excluding carboxylic acids is 2. The van der Waals surface area contributed by atoms with Gasteiger partial charge in [-0.3, -0.25) is 9.59 Å². The van der Waals surface area contributed by atoms with Crippen LogP contribution in [0.25, 0.3) is 0 Å². The van der Waals surface area contributed by atoms with Crippen molar-refractivity contribution in [2.45, 2.75) is 26.2 Å². The fourth-order valence-corrected chi connectivity index (χ4v) is 1.90. The third-order valence-electron chi connectivity index (χ3n) is 3.16. The van der Waals surface area contributed by atoms with Crippen molar-refractivity contribution in [1.82, 2.24) is 0 Å². The van der Waals surface area contributed by atoms with Gasteiger partial charge in [0.2, 0.25) is 5.91 Å². The van der Waals surface area contributed by atoms with Crippen molar-refractivity contribution in [3.63, 3.8) is 0 Å². The molecule has 1 aromatic carbocycles. The number of carbonyl (C=O) groups is 2. The summed E-state index contributed by atoms with van der Waals surface area (Å²) in [6.07, 6.45) is 3.38. The van der Waals surface area contributed by atoms with E-state index in [2.05, 4.69) is 5.32 Å². The van der Waals surface area contributed by atoms with Crippen LogP contribution in [0.2, 0.25) is 0 Å². The van der Waals surface area contributed by atoms with Gasteiger partial charge in [0.15, 0.2) is 6.29 Å². The maximum atomic E-state index is 12.0. The van der Waals surface area contributed by atoms with E-state index < -0.39 is 0 Å². The van der Waals surface area contributed by atoms with Gasteiger partial charge in [-0.15, -0.1) is 0 Å². The fourth-order valence-electron chi connectivity index (χ4n) is 1.90. The first kappa shape index (κ1) is 16.2. The van der Waals surface area contributed by atoms with E-state index >= 15 is 0 Å². The molecule has 0 radical (unpaired) electrons. The molecule has 110 valence electrons. The van der Waals surface area contributed by atoms with E-state index in [4.69, 9.17) is 10.5 Å². The Kier molecular flexibility index (Phi) is 6.73. The Hall–Kier alpha value is -1.88. The maximum Gasteiger partial charge on any atom is 0.227 e. The SMILES string of the molecule is COc1ccc(NC(=O)C(C)CCCCN)cc1C=O. The lowest BCUT2D eigenvalue weighted by molar-refractivity contribution is -0.119. The predicted octanol–water partition coefficient (Wildman–Crippen LogP) is 2.21. The number of benzene rings is 1. The van der Waals surface area contributed by atoms with Gasteiger partial charge in [0, 0.05) is 11.6 Å². The van der Waals surface area contributed by atoms with E-state index in [1.807, 2.05) is 6.92 Å². The summed E-state index contributed by atoms with van der Waals surface area (Å²) in [6.45, 7) is 2.53. The van der Waals surface area contributed by atoms with E-state index in [-0.39, 0.29) is 11.8 Å². The molecule has 0 aliphatic rings. The van der Waals surface area contributed by atoms with Crippen molar-refractivity contribution in [3.8, 4) is 5.75 Å². The third-order valence-corrected chi connectivity index (χ3v) is 3.16.